The van der Waals surface area contributed by atoms with E-state index in [1.54, 1.807) is 0 Å². The first-order valence-corrected chi connectivity index (χ1v) is 7.40. The van der Waals surface area contributed by atoms with E-state index < -0.39 is 32.4 Å². The molecular formula is C12H17FN2O4S. The molecular weight excluding hydrogens is 287 g/mol. The van der Waals surface area contributed by atoms with Crippen LogP contribution in [-0.4, -0.2) is 28.0 Å². The second-order valence-corrected chi connectivity index (χ2v) is 6.17. The van der Waals surface area contributed by atoms with Crippen LogP contribution in [0, 0.1) is 11.7 Å². The van der Waals surface area contributed by atoms with Gasteiger partial charge in [0.15, 0.2) is 11.6 Å². The number of benzene rings is 1. The lowest BCUT2D eigenvalue weighted by Crippen LogP contribution is -2.28. The van der Waals surface area contributed by atoms with Crippen molar-refractivity contribution < 1.29 is 22.3 Å². The summed E-state index contributed by atoms with van der Waals surface area (Å²) in [5, 5.41) is 7.55. The van der Waals surface area contributed by atoms with Crippen molar-refractivity contribution in [3.05, 3.63) is 23.5 Å². The maximum Gasteiger partial charge on any atom is 0.251 e. The van der Waals surface area contributed by atoms with Crippen molar-refractivity contribution >= 4 is 15.9 Å². The predicted octanol–water partition coefficient (Wildman–Crippen LogP) is 0.868. The zero-order chi connectivity index (χ0) is 15.5. The predicted molar refractivity (Wildman–Crippen MR) is 71.5 cm³/mol. The van der Waals surface area contributed by atoms with Gasteiger partial charge in [-0.1, -0.05) is 13.8 Å². The number of halogens is 1. The maximum absolute atomic E-state index is 13.8. The molecule has 1 amide bonds. The Labute approximate surface area is 117 Å². The molecule has 0 spiro atoms. The summed E-state index contributed by atoms with van der Waals surface area (Å²) in [6, 6.07) is 1.90. The highest BCUT2D eigenvalue weighted by Crippen LogP contribution is 2.27. The number of carbonyl (C=O) groups is 1. The molecule has 0 saturated carbocycles. The molecule has 1 aromatic rings. The third-order valence-electron chi connectivity index (χ3n) is 2.45. The lowest BCUT2D eigenvalue weighted by atomic mass is 10.1. The minimum atomic E-state index is -4.20. The van der Waals surface area contributed by atoms with Crippen LogP contribution in [0.3, 0.4) is 0 Å². The summed E-state index contributed by atoms with van der Waals surface area (Å²) < 4.78 is 41.3. The number of carbonyl (C=O) groups excluding carboxylic acids is 1. The van der Waals surface area contributed by atoms with Gasteiger partial charge in [-0.15, -0.1) is 0 Å². The summed E-state index contributed by atoms with van der Waals surface area (Å²) in [5.74, 6) is -1.84. The molecule has 0 aliphatic heterocycles. The molecule has 0 aliphatic carbocycles. The van der Waals surface area contributed by atoms with Crippen LogP contribution in [0.2, 0.25) is 0 Å². The molecule has 0 aliphatic rings. The number of ether oxygens (including phenoxy) is 1. The number of hydrogen-bond acceptors (Lipinski definition) is 4. The highest BCUT2D eigenvalue weighted by molar-refractivity contribution is 7.89. The van der Waals surface area contributed by atoms with Crippen molar-refractivity contribution in [2.45, 2.75) is 18.7 Å². The number of rotatable bonds is 5. The fourth-order valence-corrected chi connectivity index (χ4v) is 2.24. The standard InChI is InChI=1S/C12H17FN2O4S/c1-7(2)6-15-12(16)8-4-9(13)11(19-3)10(5-8)20(14,17)18/h4-5,7H,6H2,1-3H3,(H,15,16)(H2,14,17,18). The summed E-state index contributed by atoms with van der Waals surface area (Å²) in [6.45, 7) is 4.17. The van der Waals surface area contributed by atoms with E-state index in [4.69, 9.17) is 5.14 Å². The fraction of sp³-hybridized carbons (Fsp3) is 0.417. The van der Waals surface area contributed by atoms with Crippen molar-refractivity contribution in [2.75, 3.05) is 13.7 Å². The Morgan fingerprint density at radius 2 is 2.05 bits per heavy atom. The normalized spacial score (nSPS) is 11.5. The average Bonchev–Trinajstić information content (AvgIpc) is 2.33. The van der Waals surface area contributed by atoms with E-state index in [9.17, 15) is 17.6 Å². The molecule has 0 atom stereocenters. The number of primary sulfonamides is 1. The van der Waals surface area contributed by atoms with Gasteiger partial charge in [-0.25, -0.2) is 17.9 Å². The molecule has 1 rings (SSSR count). The number of methoxy groups -OCH3 is 1. The Bertz CT molecular complexity index is 614. The van der Waals surface area contributed by atoms with Crippen LogP contribution in [0.4, 0.5) is 4.39 Å². The van der Waals surface area contributed by atoms with Gasteiger partial charge in [-0.2, -0.15) is 0 Å². The van der Waals surface area contributed by atoms with Gasteiger partial charge in [0.05, 0.1) is 7.11 Å². The van der Waals surface area contributed by atoms with Crippen LogP contribution in [0.5, 0.6) is 5.75 Å². The lowest BCUT2D eigenvalue weighted by molar-refractivity contribution is 0.0948. The van der Waals surface area contributed by atoms with Crippen molar-refractivity contribution in [3.8, 4) is 5.75 Å². The first-order valence-electron chi connectivity index (χ1n) is 5.85. The largest absolute Gasteiger partial charge is 0.492 e. The maximum atomic E-state index is 13.8. The second kappa shape index (κ2) is 6.19. The summed E-state index contributed by atoms with van der Waals surface area (Å²) in [5.41, 5.74) is -0.132. The number of hydrogen-bond donors (Lipinski definition) is 2. The first-order chi connectivity index (χ1) is 9.16. The van der Waals surface area contributed by atoms with Crippen LogP contribution in [0.25, 0.3) is 0 Å². The number of amides is 1. The summed E-state index contributed by atoms with van der Waals surface area (Å²) in [7, 11) is -3.08. The molecule has 3 N–H and O–H groups in total. The third-order valence-corrected chi connectivity index (χ3v) is 3.37. The van der Waals surface area contributed by atoms with Gasteiger partial charge in [-0.05, 0) is 18.1 Å². The summed E-state index contributed by atoms with van der Waals surface area (Å²) in [4.78, 5) is 11.3. The Morgan fingerprint density at radius 3 is 2.50 bits per heavy atom. The van der Waals surface area contributed by atoms with Gasteiger partial charge in [0, 0.05) is 12.1 Å². The van der Waals surface area contributed by atoms with Crippen molar-refractivity contribution in [2.24, 2.45) is 11.1 Å². The van der Waals surface area contributed by atoms with Crippen molar-refractivity contribution in [1.29, 1.82) is 0 Å². The van der Waals surface area contributed by atoms with E-state index in [1.807, 2.05) is 13.8 Å². The molecule has 0 saturated heterocycles. The smallest absolute Gasteiger partial charge is 0.251 e. The van der Waals surface area contributed by atoms with E-state index in [-0.39, 0.29) is 11.5 Å². The average molecular weight is 304 g/mol. The topological polar surface area (TPSA) is 98.5 Å². The molecule has 1 aromatic carbocycles. The van der Waals surface area contributed by atoms with Gasteiger partial charge in [0.1, 0.15) is 4.90 Å². The van der Waals surface area contributed by atoms with Gasteiger partial charge in [0.2, 0.25) is 10.0 Å². The summed E-state index contributed by atoms with van der Waals surface area (Å²) >= 11 is 0. The zero-order valence-corrected chi connectivity index (χ0v) is 12.3. The van der Waals surface area contributed by atoms with E-state index in [0.29, 0.717) is 6.54 Å². The van der Waals surface area contributed by atoms with E-state index in [2.05, 4.69) is 10.1 Å². The number of nitrogens with two attached hydrogens (primary N) is 1. The van der Waals surface area contributed by atoms with Crippen LogP contribution in [0.15, 0.2) is 17.0 Å². The second-order valence-electron chi connectivity index (χ2n) is 4.64. The Kier molecular flexibility index (Phi) is 5.07. The molecule has 8 heteroatoms. The third kappa shape index (κ3) is 3.91. The SMILES string of the molecule is COc1c(F)cc(C(=O)NCC(C)C)cc1S(N)(=O)=O. The Hall–Kier alpha value is -1.67. The van der Waals surface area contributed by atoms with Crippen LogP contribution in [-0.2, 0) is 10.0 Å². The minimum absolute atomic E-state index is 0.132. The van der Waals surface area contributed by atoms with Crippen molar-refractivity contribution in [3.63, 3.8) is 0 Å². The van der Waals surface area contributed by atoms with Crippen LogP contribution < -0.4 is 15.2 Å². The number of sulfonamides is 1. The van der Waals surface area contributed by atoms with E-state index in [1.165, 1.54) is 0 Å². The molecule has 0 radical (unpaired) electrons. The van der Waals surface area contributed by atoms with E-state index >= 15 is 0 Å². The number of nitrogens with one attached hydrogen (secondary N) is 1. The Balaban J connectivity index is 3.25. The molecule has 20 heavy (non-hydrogen) atoms. The Morgan fingerprint density at radius 1 is 1.45 bits per heavy atom. The monoisotopic (exact) mass is 304 g/mol. The fourth-order valence-electron chi connectivity index (χ4n) is 1.51. The summed E-state index contributed by atoms with van der Waals surface area (Å²) in [6.07, 6.45) is 0. The zero-order valence-electron chi connectivity index (χ0n) is 11.4. The van der Waals surface area contributed by atoms with Gasteiger partial charge in [-0.3, -0.25) is 4.79 Å². The van der Waals surface area contributed by atoms with Crippen LogP contribution >= 0.6 is 0 Å². The quantitative estimate of drug-likeness (QED) is 0.843. The molecule has 0 aromatic heterocycles. The molecule has 0 bridgehead atoms. The lowest BCUT2D eigenvalue weighted by Gasteiger charge is -2.11. The highest BCUT2D eigenvalue weighted by Gasteiger charge is 2.22. The van der Waals surface area contributed by atoms with Gasteiger partial charge < -0.3 is 10.1 Å². The van der Waals surface area contributed by atoms with Crippen LogP contribution in [0.1, 0.15) is 24.2 Å². The van der Waals surface area contributed by atoms with Crippen molar-refractivity contribution in [1.82, 2.24) is 5.32 Å². The minimum Gasteiger partial charge on any atom is -0.492 e. The molecule has 0 heterocycles. The van der Waals surface area contributed by atoms with E-state index in [0.717, 1.165) is 19.2 Å². The molecule has 0 unspecified atom stereocenters. The first kappa shape index (κ1) is 16.4. The highest BCUT2D eigenvalue weighted by atomic mass is 32.2. The van der Waals surface area contributed by atoms with Gasteiger partial charge >= 0.3 is 0 Å². The molecule has 112 valence electrons. The molecule has 6 nitrogen and oxygen atoms in total. The molecule has 0 fully saturated rings. The van der Waals surface area contributed by atoms with Gasteiger partial charge in [0.25, 0.3) is 5.91 Å².